The highest BCUT2D eigenvalue weighted by Crippen LogP contribution is 2.20. The van der Waals surface area contributed by atoms with Gasteiger partial charge in [-0.05, 0) is 19.8 Å². The van der Waals surface area contributed by atoms with E-state index in [1.807, 2.05) is 0 Å². The van der Waals surface area contributed by atoms with Gasteiger partial charge < -0.3 is 9.84 Å². The molecule has 2 saturated heterocycles. The number of carboxylic acids is 1. The lowest BCUT2D eigenvalue weighted by Crippen LogP contribution is -2.45. The first-order valence-corrected chi connectivity index (χ1v) is 6.94. The number of hydrogen-bond donors (Lipinski definition) is 1. The van der Waals surface area contributed by atoms with Gasteiger partial charge in [-0.2, -0.15) is 0 Å². The lowest BCUT2D eigenvalue weighted by atomic mass is 10.1. The molecule has 104 valence electrons. The van der Waals surface area contributed by atoms with E-state index < -0.39 is 5.97 Å². The van der Waals surface area contributed by atoms with E-state index in [9.17, 15) is 4.79 Å². The molecule has 2 unspecified atom stereocenters. The van der Waals surface area contributed by atoms with Gasteiger partial charge in [0.2, 0.25) is 0 Å². The summed E-state index contributed by atoms with van der Waals surface area (Å²) in [5, 5.41) is 8.72. The largest absolute Gasteiger partial charge is 0.481 e. The van der Waals surface area contributed by atoms with Crippen LogP contribution in [-0.2, 0) is 9.53 Å². The summed E-state index contributed by atoms with van der Waals surface area (Å²) >= 11 is 0. The molecular weight excluding hydrogens is 232 g/mol. The Hall–Kier alpha value is -0.650. The van der Waals surface area contributed by atoms with Crippen LogP contribution in [0.2, 0.25) is 0 Å². The molecule has 1 N–H and O–H groups in total. The van der Waals surface area contributed by atoms with Crippen LogP contribution in [0.4, 0.5) is 0 Å². The van der Waals surface area contributed by atoms with Gasteiger partial charge in [0.1, 0.15) is 0 Å². The van der Waals surface area contributed by atoms with E-state index in [0.717, 1.165) is 45.8 Å². The Balaban J connectivity index is 1.74. The summed E-state index contributed by atoms with van der Waals surface area (Å²) in [6, 6.07) is 1.02. The van der Waals surface area contributed by atoms with E-state index in [1.165, 1.54) is 6.42 Å². The van der Waals surface area contributed by atoms with Crippen molar-refractivity contribution in [2.75, 3.05) is 39.4 Å². The van der Waals surface area contributed by atoms with Gasteiger partial charge in [-0.15, -0.1) is 0 Å². The molecule has 2 aliphatic heterocycles. The zero-order valence-electron chi connectivity index (χ0n) is 11.2. The third-order valence-corrected chi connectivity index (χ3v) is 4.16. The third kappa shape index (κ3) is 3.67. The van der Waals surface area contributed by atoms with Crippen molar-refractivity contribution < 1.29 is 14.6 Å². The van der Waals surface area contributed by atoms with E-state index >= 15 is 0 Å². The first kappa shape index (κ1) is 13.8. The van der Waals surface area contributed by atoms with Crippen LogP contribution in [0.25, 0.3) is 0 Å². The van der Waals surface area contributed by atoms with Gasteiger partial charge in [0.05, 0.1) is 13.2 Å². The minimum atomic E-state index is -0.689. The molecule has 0 bridgehead atoms. The standard InChI is InChI=1S/C13H24N2O3/c1-11(2-3-13(16)17)15-5-4-12(10-15)14-6-8-18-9-7-14/h11-12H,2-10H2,1H3,(H,16,17). The predicted octanol–water partition coefficient (Wildman–Crippen LogP) is 0.646. The van der Waals surface area contributed by atoms with Crippen molar-refractivity contribution in [3.63, 3.8) is 0 Å². The molecule has 18 heavy (non-hydrogen) atoms. The molecule has 2 aliphatic rings. The number of rotatable bonds is 5. The summed E-state index contributed by atoms with van der Waals surface area (Å²) in [5.41, 5.74) is 0. The predicted molar refractivity (Wildman–Crippen MR) is 68.7 cm³/mol. The number of carbonyl (C=O) groups is 1. The zero-order chi connectivity index (χ0) is 13.0. The minimum absolute atomic E-state index is 0.278. The average molecular weight is 256 g/mol. The third-order valence-electron chi connectivity index (χ3n) is 4.16. The highest BCUT2D eigenvalue weighted by molar-refractivity contribution is 5.66. The number of carboxylic acid groups (broad SMARTS) is 1. The second kappa shape index (κ2) is 6.50. The van der Waals surface area contributed by atoms with E-state index in [1.54, 1.807) is 0 Å². The van der Waals surface area contributed by atoms with Crippen molar-refractivity contribution in [3.8, 4) is 0 Å². The van der Waals surface area contributed by atoms with E-state index in [-0.39, 0.29) is 6.42 Å². The SMILES string of the molecule is CC(CCC(=O)O)N1CCC(N2CCOCC2)C1. The normalized spacial score (nSPS) is 28.4. The maximum Gasteiger partial charge on any atom is 0.303 e. The molecule has 0 aliphatic carbocycles. The molecule has 5 nitrogen and oxygen atoms in total. The molecule has 0 amide bonds. The minimum Gasteiger partial charge on any atom is -0.481 e. The number of ether oxygens (including phenoxy) is 1. The summed E-state index contributed by atoms with van der Waals surface area (Å²) in [5.74, 6) is -0.689. The van der Waals surface area contributed by atoms with E-state index in [4.69, 9.17) is 9.84 Å². The van der Waals surface area contributed by atoms with Crippen LogP contribution >= 0.6 is 0 Å². The summed E-state index contributed by atoms with van der Waals surface area (Å²) < 4.78 is 5.38. The Morgan fingerprint density at radius 3 is 2.78 bits per heavy atom. The zero-order valence-corrected chi connectivity index (χ0v) is 11.2. The first-order valence-electron chi connectivity index (χ1n) is 6.94. The second-order valence-corrected chi connectivity index (χ2v) is 5.37. The Morgan fingerprint density at radius 2 is 2.11 bits per heavy atom. The summed E-state index contributed by atoms with van der Waals surface area (Å²) in [4.78, 5) is 15.5. The molecule has 2 rings (SSSR count). The average Bonchev–Trinajstić information content (AvgIpc) is 2.86. The lowest BCUT2D eigenvalue weighted by molar-refractivity contribution is -0.137. The van der Waals surface area contributed by atoms with Crippen molar-refractivity contribution in [1.29, 1.82) is 0 Å². The maximum absolute atomic E-state index is 10.6. The van der Waals surface area contributed by atoms with Crippen molar-refractivity contribution in [2.24, 2.45) is 0 Å². The molecule has 2 heterocycles. The molecule has 0 radical (unpaired) electrons. The van der Waals surface area contributed by atoms with Gasteiger partial charge in [-0.1, -0.05) is 0 Å². The van der Waals surface area contributed by atoms with E-state index in [2.05, 4.69) is 16.7 Å². The van der Waals surface area contributed by atoms with E-state index in [0.29, 0.717) is 12.1 Å². The van der Waals surface area contributed by atoms with Crippen LogP contribution in [0, 0.1) is 0 Å². The quantitative estimate of drug-likeness (QED) is 0.782. The Bertz CT molecular complexity index is 279. The first-order chi connectivity index (χ1) is 8.66. The monoisotopic (exact) mass is 256 g/mol. The fourth-order valence-electron chi connectivity index (χ4n) is 2.92. The molecule has 0 aromatic rings. The van der Waals surface area contributed by atoms with Crippen molar-refractivity contribution >= 4 is 5.97 Å². The molecule has 0 saturated carbocycles. The van der Waals surface area contributed by atoms with Gasteiger partial charge in [-0.3, -0.25) is 14.6 Å². The summed E-state index contributed by atoms with van der Waals surface area (Å²) in [6.07, 6.45) is 2.24. The fourth-order valence-corrected chi connectivity index (χ4v) is 2.92. The molecule has 2 fully saturated rings. The van der Waals surface area contributed by atoms with Crippen LogP contribution < -0.4 is 0 Å². The highest BCUT2D eigenvalue weighted by atomic mass is 16.5. The van der Waals surface area contributed by atoms with Crippen LogP contribution in [-0.4, -0.2) is 72.4 Å². The summed E-state index contributed by atoms with van der Waals surface area (Å²) in [6.45, 7) is 8.12. The van der Waals surface area contributed by atoms with Crippen LogP contribution in [0.5, 0.6) is 0 Å². The number of hydrogen-bond acceptors (Lipinski definition) is 4. The molecule has 0 spiro atoms. The topological polar surface area (TPSA) is 53.0 Å². The number of likely N-dealkylation sites (tertiary alicyclic amines) is 1. The Labute approximate surface area is 109 Å². The smallest absolute Gasteiger partial charge is 0.303 e. The molecule has 2 atom stereocenters. The van der Waals surface area contributed by atoms with Crippen LogP contribution in [0.1, 0.15) is 26.2 Å². The molecule has 5 heteroatoms. The van der Waals surface area contributed by atoms with Gasteiger partial charge in [-0.25, -0.2) is 0 Å². The number of aliphatic carboxylic acids is 1. The maximum atomic E-state index is 10.6. The lowest BCUT2D eigenvalue weighted by Gasteiger charge is -2.32. The van der Waals surface area contributed by atoms with Crippen LogP contribution in [0.15, 0.2) is 0 Å². The van der Waals surface area contributed by atoms with Gasteiger partial charge in [0.15, 0.2) is 0 Å². The van der Waals surface area contributed by atoms with Gasteiger partial charge in [0.25, 0.3) is 0 Å². The van der Waals surface area contributed by atoms with Gasteiger partial charge >= 0.3 is 5.97 Å². The summed E-state index contributed by atoms with van der Waals surface area (Å²) in [7, 11) is 0. The molecular formula is C13H24N2O3. The fraction of sp³-hybridized carbons (Fsp3) is 0.923. The highest BCUT2D eigenvalue weighted by Gasteiger charge is 2.30. The number of morpholine rings is 1. The second-order valence-electron chi connectivity index (χ2n) is 5.37. The number of nitrogens with zero attached hydrogens (tertiary/aromatic N) is 2. The van der Waals surface area contributed by atoms with Crippen LogP contribution in [0.3, 0.4) is 0 Å². The Kier molecular flexibility index (Phi) is 4.97. The van der Waals surface area contributed by atoms with Crippen molar-refractivity contribution in [2.45, 2.75) is 38.3 Å². The van der Waals surface area contributed by atoms with Crippen molar-refractivity contribution in [1.82, 2.24) is 9.80 Å². The molecule has 0 aromatic carbocycles. The van der Waals surface area contributed by atoms with Crippen molar-refractivity contribution in [3.05, 3.63) is 0 Å². The molecule has 0 aromatic heterocycles. The van der Waals surface area contributed by atoms with Gasteiger partial charge in [0, 0.05) is 44.7 Å². The Morgan fingerprint density at radius 1 is 1.39 bits per heavy atom.